The van der Waals surface area contributed by atoms with Crippen molar-refractivity contribution < 1.29 is 35.8 Å². The van der Waals surface area contributed by atoms with Crippen LogP contribution in [0.2, 0.25) is 5.02 Å². The van der Waals surface area contributed by atoms with Crippen molar-refractivity contribution in [2.75, 3.05) is 0 Å². The normalized spacial score (nSPS) is 11.9. The van der Waals surface area contributed by atoms with Crippen molar-refractivity contribution >= 4 is 17.3 Å². The molecular formula is C32H35ClF6N2O2. The van der Waals surface area contributed by atoms with Gasteiger partial charge in [-0.15, -0.1) is 8.78 Å². The van der Waals surface area contributed by atoms with Crippen molar-refractivity contribution in [2.45, 2.75) is 61.9 Å². The lowest BCUT2D eigenvalue weighted by Crippen LogP contribution is -2.26. The van der Waals surface area contributed by atoms with E-state index in [1.54, 1.807) is 25.3 Å². The maximum Gasteiger partial charge on any atom is 0.586 e. The van der Waals surface area contributed by atoms with Gasteiger partial charge in [0.15, 0.2) is 11.5 Å². The summed E-state index contributed by atoms with van der Waals surface area (Å²) in [5.74, 6) is -0.965. The highest BCUT2D eigenvalue weighted by atomic mass is 35.5. The number of ether oxygens (including phenoxy) is 2. The molecule has 0 aliphatic carbocycles. The van der Waals surface area contributed by atoms with Gasteiger partial charge in [0.05, 0.1) is 12.1 Å². The zero-order valence-electron chi connectivity index (χ0n) is 22.8. The van der Waals surface area contributed by atoms with Gasteiger partial charge in [-0.3, -0.25) is 0 Å². The first-order valence-electron chi connectivity index (χ1n) is 12.0. The van der Waals surface area contributed by atoms with Gasteiger partial charge in [0, 0.05) is 11.2 Å². The molecule has 43 heavy (non-hydrogen) atoms. The van der Waals surface area contributed by atoms with E-state index in [0.717, 1.165) is 27.8 Å². The molecule has 1 aromatic heterocycles. The Morgan fingerprint density at radius 2 is 1.28 bits per heavy atom. The van der Waals surface area contributed by atoms with Crippen LogP contribution in [0.15, 0.2) is 67.0 Å². The number of nitrogens with one attached hydrogen (secondary N) is 1. The van der Waals surface area contributed by atoms with Crippen LogP contribution in [0.5, 0.6) is 11.5 Å². The number of fused-ring (bicyclic) bond motifs is 1. The smallest absolute Gasteiger partial charge is 0.395 e. The fourth-order valence-corrected chi connectivity index (χ4v) is 3.44. The summed E-state index contributed by atoms with van der Waals surface area (Å²) in [4.78, 5) is 6.08. The molecule has 0 atom stereocenters. The number of aromatic nitrogens is 1. The molecule has 0 spiro atoms. The minimum absolute atomic E-state index is 0. The molecule has 0 fully saturated rings. The van der Waals surface area contributed by atoms with Gasteiger partial charge in [0.1, 0.15) is 5.82 Å². The van der Waals surface area contributed by atoms with E-state index < -0.39 is 23.9 Å². The third kappa shape index (κ3) is 11.2. The number of benzene rings is 3. The molecule has 1 N–H and O–H groups in total. The second kappa shape index (κ2) is 16.5. The van der Waals surface area contributed by atoms with Crippen molar-refractivity contribution in [1.82, 2.24) is 4.98 Å². The van der Waals surface area contributed by atoms with Gasteiger partial charge >= 0.3 is 12.5 Å². The number of halogens is 7. The van der Waals surface area contributed by atoms with Crippen LogP contribution in [0.25, 0.3) is 4.85 Å². The number of rotatable bonds is 0. The second-order valence-electron chi connectivity index (χ2n) is 8.85. The Kier molecular flexibility index (Phi) is 14.9. The van der Waals surface area contributed by atoms with Crippen molar-refractivity contribution in [3.05, 3.63) is 123 Å². The van der Waals surface area contributed by atoms with Gasteiger partial charge in [-0.1, -0.05) is 68.9 Å². The van der Waals surface area contributed by atoms with Gasteiger partial charge in [0.2, 0.25) is 5.69 Å². The second-order valence-corrected chi connectivity index (χ2v) is 9.22. The first kappa shape index (κ1) is 38.9. The lowest BCUT2D eigenvalue weighted by Gasteiger charge is -2.08. The molecule has 0 radical (unpaired) electrons. The summed E-state index contributed by atoms with van der Waals surface area (Å²) in [7, 11) is 0. The van der Waals surface area contributed by atoms with Crippen LogP contribution in [0, 0.1) is 47.0 Å². The van der Waals surface area contributed by atoms with Crippen LogP contribution in [0.4, 0.5) is 32.0 Å². The molecule has 5 rings (SSSR count). The quantitative estimate of drug-likeness (QED) is 0.155. The highest BCUT2D eigenvalue weighted by molar-refractivity contribution is 6.32. The minimum Gasteiger partial charge on any atom is -0.395 e. The maximum atomic E-state index is 12.8. The van der Waals surface area contributed by atoms with Crippen molar-refractivity contribution in [3.8, 4) is 11.5 Å². The Balaban J connectivity index is 0.000000546. The van der Waals surface area contributed by atoms with E-state index >= 15 is 0 Å². The van der Waals surface area contributed by atoms with Gasteiger partial charge in [-0.05, 0) is 80.8 Å². The summed E-state index contributed by atoms with van der Waals surface area (Å²) in [5.41, 5.74) is 3.47. The van der Waals surface area contributed by atoms with Crippen molar-refractivity contribution in [3.63, 3.8) is 0 Å². The maximum absolute atomic E-state index is 12.8. The number of aromatic amines is 1. The molecule has 11 heteroatoms. The molecule has 0 bridgehead atoms. The molecule has 1 aliphatic rings. The van der Waals surface area contributed by atoms with Crippen molar-refractivity contribution in [2.24, 2.45) is 0 Å². The highest BCUT2D eigenvalue weighted by Crippen LogP contribution is 2.42. The van der Waals surface area contributed by atoms with Gasteiger partial charge < -0.3 is 14.5 Å². The van der Waals surface area contributed by atoms with Gasteiger partial charge in [-0.2, -0.15) is 13.2 Å². The Morgan fingerprint density at radius 1 is 0.767 bits per heavy atom. The van der Waals surface area contributed by atoms with Crippen molar-refractivity contribution in [1.29, 1.82) is 0 Å². The molecular weight excluding hydrogens is 594 g/mol. The summed E-state index contributed by atoms with van der Waals surface area (Å²) < 4.78 is 82.2. The largest absolute Gasteiger partial charge is 0.586 e. The van der Waals surface area contributed by atoms with Gasteiger partial charge in [-0.25, -0.2) is 9.24 Å². The van der Waals surface area contributed by atoms with E-state index in [9.17, 15) is 26.3 Å². The number of para-hydroxylation sites is 1. The highest BCUT2D eigenvalue weighted by Gasteiger charge is 2.43. The summed E-state index contributed by atoms with van der Waals surface area (Å²) in [6.45, 7) is 15.5. The minimum atomic E-state index is -4.60. The standard InChI is InChI=1S/C8H9Cl.C8H6F4.C8H6F2O2.C6H6N2.2CH4/c1-6-4-3-5-7(2)8(6)9;1-5-3-2-4-6(7(5)9)8(10,11)12;1-5-3-2-4-6-7(5)12-8(9,10)11-6;1-5-3-8-4-6(5)7-2;;/h3-5H,1-2H3;2*2-4H,1H3;3-4,8H,1H3;2*1H4. The molecule has 3 aromatic carbocycles. The molecule has 4 aromatic rings. The molecule has 4 nitrogen and oxygen atoms in total. The summed E-state index contributed by atoms with van der Waals surface area (Å²) >= 11 is 5.88. The molecule has 234 valence electrons. The van der Waals surface area contributed by atoms with Crippen LogP contribution < -0.4 is 9.47 Å². The monoisotopic (exact) mass is 628 g/mol. The third-order valence-electron chi connectivity index (χ3n) is 5.55. The number of H-pyrrole nitrogens is 1. The number of alkyl halides is 5. The lowest BCUT2D eigenvalue weighted by molar-refractivity contribution is -0.286. The van der Waals surface area contributed by atoms with Gasteiger partial charge in [0.25, 0.3) is 0 Å². The lowest BCUT2D eigenvalue weighted by atomic mass is 10.1. The van der Waals surface area contributed by atoms with E-state index in [1.807, 2.05) is 45.2 Å². The Morgan fingerprint density at radius 3 is 1.70 bits per heavy atom. The fraction of sp³-hybridized carbons (Fsp3) is 0.281. The molecule has 2 heterocycles. The predicted octanol–water partition coefficient (Wildman–Crippen LogP) is 11.6. The fourth-order valence-electron chi connectivity index (χ4n) is 3.32. The number of hydrogen-bond acceptors (Lipinski definition) is 2. The topological polar surface area (TPSA) is 38.6 Å². The summed E-state index contributed by atoms with van der Waals surface area (Å²) in [6.07, 6.45) is -4.60. The molecule has 0 saturated carbocycles. The average molecular weight is 629 g/mol. The van der Waals surface area contributed by atoms with E-state index in [-0.39, 0.29) is 31.9 Å². The zero-order valence-corrected chi connectivity index (χ0v) is 23.5. The van der Waals surface area contributed by atoms with E-state index in [1.165, 1.54) is 25.1 Å². The molecule has 0 unspecified atom stereocenters. The first-order chi connectivity index (χ1) is 19.1. The zero-order chi connectivity index (χ0) is 31.0. The van der Waals surface area contributed by atoms with Crippen LogP contribution in [0.3, 0.4) is 0 Å². The third-order valence-corrected chi connectivity index (χ3v) is 6.15. The number of aryl methyl sites for hydroxylation is 5. The molecule has 1 aliphatic heterocycles. The number of nitrogens with zero attached hydrogens (tertiary/aromatic N) is 1. The molecule has 0 amide bonds. The Bertz CT molecular complexity index is 1490. The summed E-state index contributed by atoms with van der Waals surface area (Å²) in [6, 6.07) is 14.0. The van der Waals surface area contributed by atoms with Crippen LogP contribution in [-0.2, 0) is 6.18 Å². The van der Waals surface area contributed by atoms with E-state index in [4.69, 9.17) is 18.2 Å². The van der Waals surface area contributed by atoms with Crippen LogP contribution in [-0.4, -0.2) is 11.3 Å². The van der Waals surface area contributed by atoms with E-state index in [0.29, 0.717) is 11.3 Å². The Labute approximate surface area is 254 Å². The molecule has 0 saturated heterocycles. The van der Waals surface area contributed by atoms with Crippen LogP contribution >= 0.6 is 11.6 Å². The van der Waals surface area contributed by atoms with Crippen LogP contribution in [0.1, 0.15) is 48.2 Å². The number of hydrogen-bond donors (Lipinski definition) is 1. The Hall–Kier alpha value is -4.10. The summed E-state index contributed by atoms with van der Waals surface area (Å²) in [5, 5.41) is 0.887. The average Bonchev–Trinajstić information content (AvgIpc) is 3.46. The van der Waals surface area contributed by atoms with E-state index in [2.05, 4.69) is 19.3 Å². The first-order valence-corrected chi connectivity index (χ1v) is 12.4. The SMILES string of the molecule is C.C.Cc1cccc(C(F)(F)F)c1F.Cc1cccc(C)c1Cl.Cc1cccc2c1OC(F)(F)O2.[C-]#[N+]c1c[nH]cc1C. The predicted molar refractivity (Wildman–Crippen MR) is 160 cm³/mol.